The second-order valence-electron chi connectivity index (χ2n) is 6.35. The zero-order chi connectivity index (χ0) is 21.5. The Morgan fingerprint density at radius 1 is 1.24 bits per heavy atom. The number of carbonyl (C=O) groups excluding carboxylic acids is 1. The molecule has 0 saturated carbocycles. The smallest absolute Gasteiger partial charge is 0.361 e. The first kappa shape index (κ1) is 21.2. The van der Waals surface area contributed by atoms with Gasteiger partial charge in [-0.05, 0) is 39.0 Å². The van der Waals surface area contributed by atoms with Crippen LogP contribution >= 0.6 is 23.2 Å². The first-order valence-electron chi connectivity index (χ1n) is 8.31. The van der Waals surface area contributed by atoms with E-state index in [0.29, 0.717) is 27.7 Å². The second kappa shape index (κ2) is 7.72. The maximum Gasteiger partial charge on any atom is 0.416 e. The van der Waals surface area contributed by atoms with E-state index < -0.39 is 17.6 Å². The Morgan fingerprint density at radius 3 is 2.52 bits per heavy atom. The van der Waals surface area contributed by atoms with Crippen molar-refractivity contribution in [3.05, 3.63) is 62.2 Å². The summed E-state index contributed by atoms with van der Waals surface area (Å²) in [5.74, 6) is -0.389. The van der Waals surface area contributed by atoms with Gasteiger partial charge in [-0.15, -0.1) is 0 Å². The standard InChI is InChI=1S/C18H15Cl2F3N4O2/c1-8-15(20)9(2)27(25-8)7-12-10(3)29-26-16(12)17(28)24-14-6-11(18(21,22)23)4-5-13(14)19/h4-6H,7H2,1-3H3,(H,24,28). The highest BCUT2D eigenvalue weighted by atomic mass is 35.5. The van der Waals surface area contributed by atoms with Crippen LogP contribution in [-0.4, -0.2) is 20.8 Å². The number of rotatable bonds is 4. The summed E-state index contributed by atoms with van der Waals surface area (Å²) < 4.78 is 45.5. The summed E-state index contributed by atoms with van der Waals surface area (Å²) in [7, 11) is 0. The van der Waals surface area contributed by atoms with Gasteiger partial charge < -0.3 is 9.84 Å². The zero-order valence-corrected chi connectivity index (χ0v) is 17.0. The molecule has 0 aliphatic carbocycles. The van der Waals surface area contributed by atoms with E-state index in [-0.39, 0.29) is 22.9 Å². The Hall–Kier alpha value is -2.52. The van der Waals surface area contributed by atoms with Crippen molar-refractivity contribution in [3.8, 4) is 0 Å². The van der Waals surface area contributed by atoms with Crippen molar-refractivity contribution in [1.82, 2.24) is 14.9 Å². The number of nitrogens with zero attached hydrogens (tertiary/aromatic N) is 3. The molecule has 0 aliphatic rings. The number of hydrogen-bond donors (Lipinski definition) is 1. The average Bonchev–Trinajstić information content (AvgIpc) is 3.11. The minimum Gasteiger partial charge on any atom is -0.361 e. The third-order valence-corrected chi connectivity index (χ3v) is 5.22. The molecule has 0 radical (unpaired) electrons. The molecule has 2 aromatic heterocycles. The van der Waals surface area contributed by atoms with Crippen molar-refractivity contribution in [3.63, 3.8) is 0 Å². The number of amides is 1. The maximum atomic E-state index is 12.9. The first-order valence-corrected chi connectivity index (χ1v) is 9.07. The molecule has 1 N–H and O–H groups in total. The van der Waals surface area contributed by atoms with E-state index in [0.717, 1.165) is 18.2 Å². The van der Waals surface area contributed by atoms with Gasteiger partial charge in [-0.25, -0.2) is 0 Å². The van der Waals surface area contributed by atoms with Crippen LogP contribution in [0.2, 0.25) is 10.0 Å². The van der Waals surface area contributed by atoms with Gasteiger partial charge in [0.05, 0.1) is 39.2 Å². The number of alkyl halides is 3. The van der Waals surface area contributed by atoms with Gasteiger partial charge in [0, 0.05) is 5.56 Å². The number of benzene rings is 1. The average molecular weight is 447 g/mol. The number of anilines is 1. The van der Waals surface area contributed by atoms with Gasteiger partial charge in [0.1, 0.15) is 5.76 Å². The quantitative estimate of drug-likeness (QED) is 0.580. The fourth-order valence-electron chi connectivity index (χ4n) is 2.71. The Balaban J connectivity index is 1.91. The molecular weight excluding hydrogens is 432 g/mol. The topological polar surface area (TPSA) is 73.0 Å². The normalized spacial score (nSPS) is 11.7. The van der Waals surface area contributed by atoms with Gasteiger partial charge in [-0.2, -0.15) is 18.3 Å². The van der Waals surface area contributed by atoms with Gasteiger partial charge in [0.25, 0.3) is 5.91 Å². The number of aryl methyl sites for hydroxylation is 2. The molecule has 2 heterocycles. The van der Waals surface area contributed by atoms with Crippen LogP contribution in [0.25, 0.3) is 0 Å². The molecule has 0 unspecified atom stereocenters. The number of halogens is 5. The van der Waals surface area contributed by atoms with Crippen LogP contribution in [0.1, 0.15) is 38.8 Å². The number of nitrogens with one attached hydrogen (secondary N) is 1. The van der Waals surface area contributed by atoms with Crippen molar-refractivity contribution < 1.29 is 22.5 Å². The molecular formula is C18H15Cl2F3N4O2. The van der Waals surface area contributed by atoms with Crippen molar-refractivity contribution in [2.75, 3.05) is 5.32 Å². The van der Waals surface area contributed by atoms with Crippen molar-refractivity contribution in [2.24, 2.45) is 0 Å². The van der Waals surface area contributed by atoms with Crippen LogP contribution in [0.3, 0.4) is 0 Å². The molecule has 3 aromatic rings. The molecule has 0 spiro atoms. The lowest BCUT2D eigenvalue weighted by molar-refractivity contribution is -0.137. The van der Waals surface area contributed by atoms with E-state index in [1.807, 2.05) is 0 Å². The molecule has 0 fully saturated rings. The van der Waals surface area contributed by atoms with Gasteiger partial charge in [0.15, 0.2) is 5.69 Å². The predicted octanol–water partition coefficient (Wildman–Crippen LogP) is 5.42. The van der Waals surface area contributed by atoms with Crippen LogP contribution < -0.4 is 5.32 Å². The van der Waals surface area contributed by atoms with Crippen LogP contribution in [-0.2, 0) is 12.7 Å². The third kappa shape index (κ3) is 4.25. The summed E-state index contributed by atoms with van der Waals surface area (Å²) in [5, 5.41) is 10.9. The number of hydrogen-bond acceptors (Lipinski definition) is 4. The summed E-state index contributed by atoms with van der Waals surface area (Å²) in [6.45, 7) is 5.28. The summed E-state index contributed by atoms with van der Waals surface area (Å²) in [6.07, 6.45) is -4.57. The fourth-order valence-corrected chi connectivity index (χ4v) is 3.01. The van der Waals surface area contributed by atoms with E-state index in [9.17, 15) is 18.0 Å². The van der Waals surface area contributed by atoms with Crippen LogP contribution in [0, 0.1) is 20.8 Å². The minimum atomic E-state index is -4.57. The maximum absolute atomic E-state index is 12.9. The van der Waals surface area contributed by atoms with Gasteiger partial charge in [0.2, 0.25) is 0 Å². The number of aromatic nitrogens is 3. The molecule has 1 aromatic carbocycles. The lowest BCUT2D eigenvalue weighted by atomic mass is 10.1. The van der Waals surface area contributed by atoms with Crippen molar-refractivity contribution in [1.29, 1.82) is 0 Å². The molecule has 154 valence electrons. The largest absolute Gasteiger partial charge is 0.416 e. The number of carbonyl (C=O) groups is 1. The summed E-state index contributed by atoms with van der Waals surface area (Å²) >= 11 is 12.1. The Bertz CT molecular complexity index is 1090. The van der Waals surface area contributed by atoms with Crippen molar-refractivity contribution in [2.45, 2.75) is 33.5 Å². The Kier molecular flexibility index (Phi) is 5.64. The lowest BCUT2D eigenvalue weighted by Gasteiger charge is -2.11. The summed E-state index contributed by atoms with van der Waals surface area (Å²) in [4.78, 5) is 12.7. The molecule has 11 heteroatoms. The monoisotopic (exact) mass is 446 g/mol. The molecule has 6 nitrogen and oxygen atoms in total. The molecule has 0 aliphatic heterocycles. The van der Waals surface area contributed by atoms with Crippen LogP contribution in [0.15, 0.2) is 22.7 Å². The van der Waals surface area contributed by atoms with E-state index in [1.165, 1.54) is 0 Å². The van der Waals surface area contributed by atoms with Crippen molar-refractivity contribution >= 4 is 34.8 Å². The molecule has 29 heavy (non-hydrogen) atoms. The molecule has 1 amide bonds. The SMILES string of the molecule is Cc1nn(Cc2c(C(=O)Nc3cc(C(F)(F)F)ccc3Cl)noc2C)c(C)c1Cl. The summed E-state index contributed by atoms with van der Waals surface area (Å²) in [6, 6.07) is 2.65. The van der Waals surface area contributed by atoms with Crippen LogP contribution in [0.5, 0.6) is 0 Å². The highest BCUT2D eigenvalue weighted by Crippen LogP contribution is 2.34. The molecule has 3 rings (SSSR count). The van der Waals surface area contributed by atoms with Gasteiger partial charge >= 0.3 is 6.18 Å². The highest BCUT2D eigenvalue weighted by molar-refractivity contribution is 6.34. The minimum absolute atomic E-state index is 0.0431. The molecule has 0 saturated heterocycles. The van der Waals surface area contributed by atoms with Crippen LogP contribution in [0.4, 0.5) is 18.9 Å². The summed E-state index contributed by atoms with van der Waals surface area (Å²) in [5.41, 5.74) is 0.530. The Labute approximate surface area is 173 Å². The first-order chi connectivity index (χ1) is 13.5. The van der Waals surface area contributed by atoms with Gasteiger partial charge in [-0.3, -0.25) is 9.48 Å². The Morgan fingerprint density at radius 2 is 1.93 bits per heavy atom. The third-order valence-electron chi connectivity index (χ3n) is 4.34. The van der Waals surface area contributed by atoms with E-state index in [2.05, 4.69) is 15.6 Å². The van der Waals surface area contributed by atoms with Gasteiger partial charge in [-0.1, -0.05) is 28.4 Å². The predicted molar refractivity (Wildman–Crippen MR) is 101 cm³/mol. The molecule has 0 atom stereocenters. The zero-order valence-electron chi connectivity index (χ0n) is 15.5. The van der Waals surface area contributed by atoms with E-state index in [1.54, 1.807) is 25.5 Å². The second-order valence-corrected chi connectivity index (χ2v) is 7.14. The fraction of sp³-hybridized carbons (Fsp3) is 0.278. The van der Waals surface area contributed by atoms with E-state index in [4.69, 9.17) is 27.7 Å². The van der Waals surface area contributed by atoms with E-state index >= 15 is 0 Å². The molecule has 0 bridgehead atoms. The highest BCUT2D eigenvalue weighted by Gasteiger charge is 2.31. The lowest BCUT2D eigenvalue weighted by Crippen LogP contribution is -2.17.